The third-order valence-electron chi connectivity index (χ3n) is 5.40. The molecule has 0 amide bonds. The number of aliphatic hydroxyl groups is 2. The molecule has 2 aromatic carbocycles. The number of hydrogen-bond donors (Lipinski definition) is 2. The van der Waals surface area contributed by atoms with E-state index < -0.39 is 30.7 Å². The number of benzene rings is 2. The van der Waals surface area contributed by atoms with E-state index in [2.05, 4.69) is 4.74 Å². The van der Waals surface area contributed by atoms with Crippen LogP contribution in [0.4, 0.5) is 0 Å². The summed E-state index contributed by atoms with van der Waals surface area (Å²) in [6.45, 7) is 0.330. The van der Waals surface area contributed by atoms with Gasteiger partial charge < -0.3 is 33.9 Å². The second kappa shape index (κ2) is 13.4. The van der Waals surface area contributed by atoms with Crippen LogP contribution in [0.15, 0.2) is 60.7 Å². The maximum absolute atomic E-state index is 11.3. The van der Waals surface area contributed by atoms with Gasteiger partial charge in [-0.25, -0.2) is 0 Å². The van der Waals surface area contributed by atoms with Crippen LogP contribution >= 0.6 is 0 Å². The molecule has 5 atom stereocenters. The molecule has 1 fully saturated rings. The van der Waals surface area contributed by atoms with Crippen molar-refractivity contribution in [3.63, 3.8) is 0 Å². The summed E-state index contributed by atoms with van der Waals surface area (Å²) in [5.41, 5.74) is 1.87. The highest BCUT2D eigenvalue weighted by atomic mass is 16.7. The first-order chi connectivity index (χ1) is 16.1. The molecule has 0 aromatic heterocycles. The molecule has 33 heavy (non-hydrogen) atoms. The van der Waals surface area contributed by atoms with Gasteiger partial charge in [0.25, 0.3) is 0 Å². The van der Waals surface area contributed by atoms with Crippen LogP contribution in [0.1, 0.15) is 24.0 Å². The highest BCUT2D eigenvalue weighted by Crippen LogP contribution is 2.28. The zero-order chi connectivity index (χ0) is 23.5. The van der Waals surface area contributed by atoms with Gasteiger partial charge in [-0.1, -0.05) is 60.7 Å². The van der Waals surface area contributed by atoms with Crippen molar-refractivity contribution in [2.45, 2.75) is 56.8 Å². The number of methoxy groups -OCH3 is 1. The Morgan fingerprint density at radius 2 is 1.48 bits per heavy atom. The fourth-order valence-electron chi connectivity index (χ4n) is 3.61. The molecule has 1 heterocycles. The number of carbonyl (C=O) groups is 1. The van der Waals surface area contributed by atoms with Crippen LogP contribution in [0, 0.1) is 0 Å². The summed E-state index contributed by atoms with van der Waals surface area (Å²) in [6, 6.07) is 19.1. The van der Waals surface area contributed by atoms with Crippen molar-refractivity contribution in [3.8, 4) is 0 Å². The van der Waals surface area contributed by atoms with Gasteiger partial charge in [0.2, 0.25) is 0 Å². The Morgan fingerprint density at radius 3 is 2.03 bits per heavy atom. The van der Waals surface area contributed by atoms with E-state index in [4.69, 9.17) is 18.9 Å². The summed E-state index contributed by atoms with van der Waals surface area (Å²) in [5, 5.41) is 21.0. The molecule has 3 rings (SSSR count). The summed E-state index contributed by atoms with van der Waals surface area (Å²) in [7, 11) is 1.33. The van der Waals surface area contributed by atoms with Crippen LogP contribution in [-0.2, 0) is 41.7 Å². The molecule has 8 nitrogen and oxygen atoms in total. The van der Waals surface area contributed by atoms with Crippen LogP contribution in [0.2, 0.25) is 0 Å². The Labute approximate surface area is 194 Å². The molecule has 0 saturated carbocycles. The summed E-state index contributed by atoms with van der Waals surface area (Å²) < 4.78 is 28.4. The number of rotatable bonds is 12. The fraction of sp³-hybridized carbons (Fsp3) is 0.480. The zero-order valence-corrected chi connectivity index (χ0v) is 18.7. The molecule has 1 aliphatic heterocycles. The normalized spacial score (nSPS) is 25.0. The Balaban J connectivity index is 1.67. The van der Waals surface area contributed by atoms with Gasteiger partial charge in [0.05, 0.1) is 33.5 Å². The van der Waals surface area contributed by atoms with Gasteiger partial charge in [-0.15, -0.1) is 0 Å². The second-order valence-electron chi connectivity index (χ2n) is 7.79. The minimum atomic E-state index is -1.10. The topological polar surface area (TPSA) is 104 Å². The van der Waals surface area contributed by atoms with E-state index >= 15 is 0 Å². The minimum Gasteiger partial charge on any atom is -0.469 e. The van der Waals surface area contributed by atoms with Crippen LogP contribution in [0.5, 0.6) is 0 Å². The van der Waals surface area contributed by atoms with Crippen molar-refractivity contribution >= 4 is 5.97 Å². The van der Waals surface area contributed by atoms with E-state index in [1.165, 1.54) is 7.11 Å². The number of aliphatic hydroxyl groups excluding tert-OH is 2. The molecule has 0 bridgehead atoms. The Bertz CT molecular complexity index is 816. The van der Waals surface area contributed by atoms with Crippen LogP contribution in [0.25, 0.3) is 0 Å². The molecular weight excluding hydrogens is 428 g/mol. The van der Waals surface area contributed by atoms with Crippen molar-refractivity contribution in [1.82, 2.24) is 0 Å². The molecule has 2 N–H and O–H groups in total. The van der Waals surface area contributed by atoms with Gasteiger partial charge in [0.15, 0.2) is 6.29 Å². The molecule has 8 heteroatoms. The largest absolute Gasteiger partial charge is 0.469 e. The van der Waals surface area contributed by atoms with E-state index in [1.807, 2.05) is 60.7 Å². The molecule has 180 valence electrons. The molecule has 0 aliphatic carbocycles. The third kappa shape index (κ3) is 7.60. The number of esters is 1. The molecule has 0 radical (unpaired) electrons. The van der Waals surface area contributed by atoms with Gasteiger partial charge >= 0.3 is 5.97 Å². The maximum Gasteiger partial charge on any atom is 0.305 e. The molecular formula is C25H32O8. The zero-order valence-electron chi connectivity index (χ0n) is 18.7. The predicted octanol–water partition coefficient (Wildman–Crippen LogP) is 2.21. The van der Waals surface area contributed by atoms with E-state index in [1.54, 1.807) is 0 Å². The summed E-state index contributed by atoms with van der Waals surface area (Å²) in [4.78, 5) is 11.3. The summed E-state index contributed by atoms with van der Waals surface area (Å²) >= 11 is 0. The number of ether oxygens (including phenoxy) is 5. The lowest BCUT2D eigenvalue weighted by Crippen LogP contribution is -2.60. The molecule has 2 aromatic rings. The van der Waals surface area contributed by atoms with Gasteiger partial charge in [0.1, 0.15) is 24.4 Å². The van der Waals surface area contributed by atoms with Crippen molar-refractivity contribution in [2.75, 3.05) is 20.3 Å². The third-order valence-corrected chi connectivity index (χ3v) is 5.40. The van der Waals surface area contributed by atoms with Gasteiger partial charge in [-0.05, 0) is 17.5 Å². The molecule has 0 spiro atoms. The van der Waals surface area contributed by atoms with E-state index in [0.717, 1.165) is 11.1 Å². The molecule has 1 saturated heterocycles. The van der Waals surface area contributed by atoms with Crippen LogP contribution < -0.4 is 0 Å². The summed E-state index contributed by atoms with van der Waals surface area (Å²) in [5.74, 6) is -0.331. The second-order valence-corrected chi connectivity index (χ2v) is 7.79. The molecule has 1 aliphatic rings. The Kier molecular flexibility index (Phi) is 10.3. The van der Waals surface area contributed by atoms with Gasteiger partial charge in [-0.3, -0.25) is 4.79 Å². The Morgan fingerprint density at radius 1 is 0.909 bits per heavy atom. The maximum atomic E-state index is 11.3. The van der Waals surface area contributed by atoms with Crippen LogP contribution in [0.3, 0.4) is 0 Å². The fourth-order valence-corrected chi connectivity index (χ4v) is 3.61. The number of hydrogen-bond acceptors (Lipinski definition) is 8. The monoisotopic (exact) mass is 460 g/mol. The lowest BCUT2D eigenvalue weighted by atomic mass is 9.98. The lowest BCUT2D eigenvalue weighted by Gasteiger charge is -2.43. The van der Waals surface area contributed by atoms with Gasteiger partial charge in [0, 0.05) is 6.42 Å². The minimum absolute atomic E-state index is 0.200. The first-order valence-corrected chi connectivity index (χ1v) is 11.1. The van der Waals surface area contributed by atoms with Crippen molar-refractivity contribution < 1.29 is 38.7 Å². The SMILES string of the molecule is COC(=O)CCCOC1OC(CO)C(OCc2ccccc2)C(O)C1OCc1ccccc1. The standard InChI is InChI=1S/C25H32O8/c1-29-21(27)13-8-14-30-25-24(32-17-19-11-6-3-7-12-19)22(28)23(20(15-26)33-25)31-16-18-9-4-2-5-10-18/h2-7,9-12,20,22-26,28H,8,13-17H2,1H3. The van der Waals surface area contributed by atoms with Crippen molar-refractivity contribution in [3.05, 3.63) is 71.8 Å². The van der Waals surface area contributed by atoms with Gasteiger partial charge in [-0.2, -0.15) is 0 Å². The van der Waals surface area contributed by atoms with E-state index in [9.17, 15) is 15.0 Å². The predicted molar refractivity (Wildman–Crippen MR) is 119 cm³/mol. The van der Waals surface area contributed by atoms with Crippen molar-refractivity contribution in [1.29, 1.82) is 0 Å². The Hall–Kier alpha value is -2.33. The summed E-state index contributed by atoms with van der Waals surface area (Å²) in [6.07, 6.45) is -3.88. The number of carbonyl (C=O) groups excluding carboxylic acids is 1. The highest BCUT2D eigenvalue weighted by Gasteiger charge is 2.47. The molecule has 5 unspecified atom stereocenters. The lowest BCUT2D eigenvalue weighted by molar-refractivity contribution is -0.319. The van der Waals surface area contributed by atoms with E-state index in [-0.39, 0.29) is 38.8 Å². The first kappa shape index (κ1) is 25.3. The first-order valence-electron chi connectivity index (χ1n) is 11.1. The van der Waals surface area contributed by atoms with Crippen LogP contribution in [-0.4, -0.2) is 67.2 Å². The smallest absolute Gasteiger partial charge is 0.305 e. The quantitative estimate of drug-likeness (QED) is 0.367. The highest BCUT2D eigenvalue weighted by molar-refractivity contribution is 5.68. The van der Waals surface area contributed by atoms with Crippen molar-refractivity contribution in [2.24, 2.45) is 0 Å². The van der Waals surface area contributed by atoms with E-state index in [0.29, 0.717) is 6.42 Å². The average molecular weight is 461 g/mol. The average Bonchev–Trinajstić information content (AvgIpc) is 2.86.